The van der Waals surface area contributed by atoms with Gasteiger partial charge in [0.25, 0.3) is 14.1 Å². The highest BCUT2D eigenvalue weighted by atomic mass is 35.7. The number of hydrogen-bond donors (Lipinski definition) is 0. The zero-order valence-electron chi connectivity index (χ0n) is 8.54. The third-order valence-electron chi connectivity index (χ3n) is 1.59. The lowest BCUT2D eigenvalue weighted by Gasteiger charge is -2.15. The molecule has 0 atom stereocenters. The predicted molar refractivity (Wildman–Crippen MR) is 57.7 cm³/mol. The average molecular weight is 272 g/mol. The molecule has 4 nitrogen and oxygen atoms in total. The van der Waals surface area contributed by atoms with Crippen molar-refractivity contribution in [2.75, 3.05) is 0 Å². The van der Waals surface area contributed by atoms with E-state index in [1.165, 1.54) is 0 Å². The zero-order chi connectivity index (χ0) is 11.9. The van der Waals surface area contributed by atoms with E-state index in [0.29, 0.717) is 12.1 Å². The van der Waals surface area contributed by atoms with Gasteiger partial charge in [-0.1, -0.05) is 37.5 Å². The van der Waals surface area contributed by atoms with Crippen molar-refractivity contribution in [3.63, 3.8) is 0 Å². The van der Waals surface area contributed by atoms with Gasteiger partial charge < -0.3 is 4.52 Å². The first-order valence-electron chi connectivity index (χ1n) is 4.20. The number of nitrogens with zero attached hydrogens (tertiary/aromatic N) is 1. The van der Waals surface area contributed by atoms with Crippen LogP contribution in [0.25, 0.3) is 0 Å². The highest BCUT2D eigenvalue weighted by Gasteiger charge is 2.26. The van der Waals surface area contributed by atoms with Crippen LogP contribution in [0.4, 0.5) is 0 Å². The molecule has 0 amide bonds. The third kappa shape index (κ3) is 3.36. The van der Waals surface area contributed by atoms with Crippen molar-refractivity contribution in [2.45, 2.75) is 32.3 Å². The molecule has 0 fully saturated rings. The predicted octanol–water partition coefficient (Wildman–Crippen LogP) is 2.84. The Balaban J connectivity index is 3.11. The molecule has 0 aliphatic heterocycles. The van der Waals surface area contributed by atoms with E-state index in [2.05, 4.69) is 9.68 Å². The highest BCUT2D eigenvalue weighted by Crippen LogP contribution is 2.31. The molecule has 1 aromatic rings. The molecule has 1 aromatic heterocycles. The van der Waals surface area contributed by atoms with E-state index in [0.717, 1.165) is 0 Å². The fraction of sp³-hybridized carbons (Fsp3) is 0.625. The molecular weight excluding hydrogens is 261 g/mol. The van der Waals surface area contributed by atoms with Crippen LogP contribution < -0.4 is 0 Å². The van der Waals surface area contributed by atoms with Gasteiger partial charge in [0.05, 0.1) is 0 Å². The van der Waals surface area contributed by atoms with E-state index in [-0.39, 0.29) is 10.4 Å². The van der Waals surface area contributed by atoms with Gasteiger partial charge in [0.2, 0.25) is 0 Å². The van der Waals surface area contributed by atoms with Gasteiger partial charge in [0.1, 0.15) is 10.7 Å². The summed E-state index contributed by atoms with van der Waals surface area (Å²) >= 11 is 5.80. The van der Waals surface area contributed by atoms with Gasteiger partial charge in [-0.05, 0) is 11.8 Å². The maximum Gasteiger partial charge on any atom is 0.298 e. The molecule has 0 saturated heterocycles. The monoisotopic (exact) mass is 271 g/mol. The molecule has 0 unspecified atom stereocenters. The number of aromatic nitrogens is 1. The smallest absolute Gasteiger partial charge is 0.298 e. The molecule has 0 aliphatic rings. The van der Waals surface area contributed by atoms with Gasteiger partial charge in [-0.15, -0.1) is 0 Å². The maximum atomic E-state index is 11.0. The molecule has 0 saturated carbocycles. The quantitative estimate of drug-likeness (QED) is 0.777. The Hall–Kier alpha value is -0.260. The standard InChI is InChI=1S/C8H11Cl2NO3S/c1-8(2,3)4-5-6(9)7(14-11-5)15(10,12)13/h4H2,1-3H3. The van der Waals surface area contributed by atoms with E-state index in [1.54, 1.807) is 0 Å². The normalized spacial score (nSPS) is 13.1. The van der Waals surface area contributed by atoms with Crippen molar-refractivity contribution in [3.8, 4) is 0 Å². The van der Waals surface area contributed by atoms with Crippen molar-refractivity contribution in [2.24, 2.45) is 5.41 Å². The molecule has 0 aliphatic carbocycles. The van der Waals surface area contributed by atoms with Crippen LogP contribution in [-0.2, 0) is 15.5 Å². The molecule has 15 heavy (non-hydrogen) atoms. The van der Waals surface area contributed by atoms with Gasteiger partial charge in [-0.3, -0.25) is 0 Å². The van der Waals surface area contributed by atoms with E-state index in [1.807, 2.05) is 20.8 Å². The summed E-state index contributed by atoms with van der Waals surface area (Å²) in [7, 11) is 1.15. The second kappa shape index (κ2) is 3.96. The minimum Gasteiger partial charge on any atom is -0.341 e. The molecular formula is C8H11Cl2NO3S. The van der Waals surface area contributed by atoms with Crippen LogP contribution in [0.2, 0.25) is 5.02 Å². The Morgan fingerprint density at radius 1 is 1.40 bits per heavy atom. The Bertz CT molecular complexity index is 459. The summed E-state index contributed by atoms with van der Waals surface area (Å²) in [6.07, 6.45) is 0.516. The molecule has 0 N–H and O–H groups in total. The summed E-state index contributed by atoms with van der Waals surface area (Å²) in [5, 5.41) is 3.09. The second-order valence-corrected chi connectivity index (χ2v) is 7.25. The Kier molecular flexibility index (Phi) is 3.38. The molecule has 86 valence electrons. The van der Waals surface area contributed by atoms with E-state index in [4.69, 9.17) is 22.3 Å². The fourth-order valence-corrected chi connectivity index (χ4v) is 2.39. The van der Waals surface area contributed by atoms with Gasteiger partial charge in [0.15, 0.2) is 0 Å². The number of halogens is 2. The van der Waals surface area contributed by atoms with Crippen molar-refractivity contribution in [3.05, 3.63) is 10.7 Å². The maximum absolute atomic E-state index is 11.0. The fourth-order valence-electron chi connectivity index (χ4n) is 1.06. The first kappa shape index (κ1) is 12.8. The van der Waals surface area contributed by atoms with Crippen LogP contribution in [0.1, 0.15) is 26.5 Å². The van der Waals surface area contributed by atoms with Gasteiger partial charge >= 0.3 is 0 Å². The Labute approximate surface area is 98.0 Å². The Morgan fingerprint density at radius 2 is 1.93 bits per heavy atom. The minimum absolute atomic E-state index is 0.0278. The summed E-state index contributed by atoms with van der Waals surface area (Å²) in [4.78, 5) is 0. The third-order valence-corrected chi connectivity index (χ3v) is 3.23. The lowest BCUT2D eigenvalue weighted by molar-refractivity contribution is 0.326. The second-order valence-electron chi connectivity index (χ2n) is 4.41. The van der Waals surface area contributed by atoms with Gasteiger partial charge in [-0.2, -0.15) is 0 Å². The van der Waals surface area contributed by atoms with Crippen LogP contribution in [-0.4, -0.2) is 13.6 Å². The molecule has 0 radical (unpaired) electrons. The van der Waals surface area contributed by atoms with Crippen molar-refractivity contribution >= 4 is 31.3 Å². The van der Waals surface area contributed by atoms with E-state index in [9.17, 15) is 8.42 Å². The molecule has 1 heterocycles. The summed E-state index contributed by atoms with van der Waals surface area (Å²) in [5.74, 6) is 0. The molecule has 0 spiro atoms. The number of hydrogen-bond acceptors (Lipinski definition) is 4. The van der Waals surface area contributed by atoms with E-state index < -0.39 is 14.1 Å². The topological polar surface area (TPSA) is 60.2 Å². The van der Waals surface area contributed by atoms with Crippen molar-refractivity contribution < 1.29 is 12.9 Å². The summed E-state index contributed by atoms with van der Waals surface area (Å²) < 4.78 is 26.6. The minimum atomic E-state index is -3.96. The number of rotatable bonds is 2. The summed E-state index contributed by atoms with van der Waals surface area (Å²) in [6.45, 7) is 5.94. The summed E-state index contributed by atoms with van der Waals surface area (Å²) in [5.41, 5.74) is 0.344. The largest absolute Gasteiger partial charge is 0.341 e. The lowest BCUT2D eigenvalue weighted by atomic mass is 9.91. The first-order chi connectivity index (χ1) is 6.61. The Morgan fingerprint density at radius 3 is 2.27 bits per heavy atom. The van der Waals surface area contributed by atoms with Crippen LogP contribution in [0, 0.1) is 5.41 Å². The lowest BCUT2D eigenvalue weighted by Crippen LogP contribution is -2.09. The molecule has 0 aromatic carbocycles. The van der Waals surface area contributed by atoms with Gasteiger partial charge in [-0.25, -0.2) is 8.42 Å². The molecule has 0 bridgehead atoms. The van der Waals surface area contributed by atoms with Gasteiger partial charge in [0, 0.05) is 10.7 Å². The summed E-state index contributed by atoms with van der Waals surface area (Å²) in [6, 6.07) is 0. The van der Waals surface area contributed by atoms with E-state index >= 15 is 0 Å². The average Bonchev–Trinajstić information content (AvgIpc) is 2.27. The molecule has 7 heteroatoms. The van der Waals surface area contributed by atoms with Crippen molar-refractivity contribution in [1.29, 1.82) is 0 Å². The first-order valence-corrected chi connectivity index (χ1v) is 6.89. The van der Waals surface area contributed by atoms with Crippen LogP contribution >= 0.6 is 22.3 Å². The van der Waals surface area contributed by atoms with Crippen LogP contribution in [0.3, 0.4) is 0 Å². The van der Waals surface area contributed by atoms with Crippen LogP contribution in [0.15, 0.2) is 9.62 Å². The van der Waals surface area contributed by atoms with Crippen molar-refractivity contribution in [1.82, 2.24) is 5.16 Å². The highest BCUT2D eigenvalue weighted by molar-refractivity contribution is 8.13. The van der Waals surface area contributed by atoms with Crippen LogP contribution in [0.5, 0.6) is 0 Å². The zero-order valence-corrected chi connectivity index (χ0v) is 10.9. The molecule has 1 rings (SSSR count). The SMILES string of the molecule is CC(C)(C)Cc1noc(S(=O)(=O)Cl)c1Cl.